The second-order valence-corrected chi connectivity index (χ2v) is 8.72. The minimum absolute atomic E-state index is 0. The second kappa shape index (κ2) is 10.4. The van der Waals surface area contributed by atoms with Gasteiger partial charge in [-0.15, -0.1) is 0 Å². The van der Waals surface area contributed by atoms with Crippen molar-refractivity contribution in [1.82, 2.24) is 9.55 Å². The maximum atomic E-state index is 13.3. The smallest absolute Gasteiger partial charge is 0.412 e. The quantitative estimate of drug-likeness (QED) is 0.561. The van der Waals surface area contributed by atoms with Crippen LogP contribution < -0.4 is 11.3 Å². The first-order valence-electron chi connectivity index (χ1n) is 11.4. The van der Waals surface area contributed by atoms with E-state index in [1.54, 1.807) is 13.0 Å². The zero-order valence-corrected chi connectivity index (χ0v) is 19.1. The van der Waals surface area contributed by atoms with Crippen LogP contribution in [0.4, 0.5) is 19.1 Å². The number of halogens is 3. The molecule has 1 aliphatic carbocycles. The highest BCUT2D eigenvalue weighted by Crippen LogP contribution is 2.41. The predicted octanol–water partition coefficient (Wildman–Crippen LogP) is 5.07. The van der Waals surface area contributed by atoms with Crippen LogP contribution >= 0.6 is 0 Å². The van der Waals surface area contributed by atoms with Crippen LogP contribution in [0.25, 0.3) is 0 Å². The van der Waals surface area contributed by atoms with Crippen molar-refractivity contribution in [1.29, 1.82) is 0 Å². The van der Waals surface area contributed by atoms with Crippen LogP contribution in [0, 0.1) is 0 Å². The van der Waals surface area contributed by atoms with Gasteiger partial charge < -0.3 is 11.2 Å². The summed E-state index contributed by atoms with van der Waals surface area (Å²) in [6.45, 7) is 2.16. The summed E-state index contributed by atoms with van der Waals surface area (Å²) in [5.74, 6) is 0.686. The van der Waals surface area contributed by atoms with Gasteiger partial charge in [-0.25, -0.2) is 4.98 Å². The van der Waals surface area contributed by atoms with E-state index in [2.05, 4.69) is 17.1 Å². The molecule has 4 rings (SSSR count). The van der Waals surface area contributed by atoms with Gasteiger partial charge in [0.05, 0.1) is 11.3 Å². The first-order valence-corrected chi connectivity index (χ1v) is 11.4. The van der Waals surface area contributed by atoms with Crippen LogP contribution in [-0.4, -0.2) is 15.0 Å². The SMILES string of the molecule is CCn1c(N)nc(C2CCC(c3ccccc3)CC2)c(Cc2cccc(C(F)(F)F)c2)c1=O.O. The third-order valence-corrected chi connectivity index (χ3v) is 6.66. The molecule has 34 heavy (non-hydrogen) atoms. The molecule has 0 aliphatic heterocycles. The zero-order chi connectivity index (χ0) is 23.6. The number of nitrogen functional groups attached to an aromatic ring is 1. The Morgan fingerprint density at radius 1 is 1.00 bits per heavy atom. The Balaban J connectivity index is 0.00000324. The van der Waals surface area contributed by atoms with Crippen LogP contribution in [0.15, 0.2) is 59.4 Å². The molecule has 182 valence electrons. The molecule has 0 atom stereocenters. The molecule has 1 saturated carbocycles. The molecule has 0 radical (unpaired) electrons. The number of nitrogens with two attached hydrogens (primary N) is 1. The lowest BCUT2D eigenvalue weighted by Crippen LogP contribution is -2.30. The molecular weight excluding hydrogens is 443 g/mol. The average Bonchev–Trinajstić information content (AvgIpc) is 2.81. The number of benzene rings is 2. The lowest BCUT2D eigenvalue weighted by atomic mass is 9.76. The van der Waals surface area contributed by atoms with Crippen molar-refractivity contribution in [3.8, 4) is 0 Å². The molecule has 8 heteroatoms. The molecule has 1 aromatic heterocycles. The Morgan fingerprint density at radius 2 is 1.65 bits per heavy atom. The zero-order valence-electron chi connectivity index (χ0n) is 19.1. The molecule has 0 unspecified atom stereocenters. The molecule has 1 heterocycles. The minimum atomic E-state index is -4.43. The number of hydrogen-bond acceptors (Lipinski definition) is 3. The van der Waals surface area contributed by atoms with Gasteiger partial charge in [0, 0.05) is 24.4 Å². The van der Waals surface area contributed by atoms with Crippen molar-refractivity contribution in [2.24, 2.45) is 0 Å². The molecule has 4 N–H and O–H groups in total. The van der Waals surface area contributed by atoms with Crippen LogP contribution in [-0.2, 0) is 19.1 Å². The summed E-state index contributed by atoms with van der Waals surface area (Å²) in [7, 11) is 0. The highest BCUT2D eigenvalue weighted by molar-refractivity contribution is 5.36. The fourth-order valence-electron chi connectivity index (χ4n) is 4.92. The van der Waals surface area contributed by atoms with Gasteiger partial charge in [-0.3, -0.25) is 9.36 Å². The van der Waals surface area contributed by atoms with E-state index in [1.807, 2.05) is 18.2 Å². The Labute approximate surface area is 196 Å². The molecule has 2 aromatic carbocycles. The largest absolute Gasteiger partial charge is 0.416 e. The molecule has 1 fully saturated rings. The summed E-state index contributed by atoms with van der Waals surface area (Å²) in [5.41, 5.74) is 7.98. The Morgan fingerprint density at radius 3 is 2.26 bits per heavy atom. The van der Waals surface area contributed by atoms with E-state index >= 15 is 0 Å². The molecular formula is C26H30F3N3O2. The number of alkyl halides is 3. The fourth-order valence-corrected chi connectivity index (χ4v) is 4.92. The van der Waals surface area contributed by atoms with E-state index < -0.39 is 11.7 Å². The summed E-state index contributed by atoms with van der Waals surface area (Å²) < 4.78 is 41.0. The highest BCUT2D eigenvalue weighted by atomic mass is 19.4. The van der Waals surface area contributed by atoms with E-state index in [0.29, 0.717) is 29.3 Å². The van der Waals surface area contributed by atoms with E-state index in [-0.39, 0.29) is 29.3 Å². The number of rotatable bonds is 5. The summed E-state index contributed by atoms with van der Waals surface area (Å²) in [4.78, 5) is 17.9. The van der Waals surface area contributed by atoms with Crippen molar-refractivity contribution in [2.75, 3.05) is 5.73 Å². The van der Waals surface area contributed by atoms with Crippen molar-refractivity contribution in [3.63, 3.8) is 0 Å². The molecule has 0 bridgehead atoms. The van der Waals surface area contributed by atoms with Gasteiger partial charge in [-0.05, 0) is 55.7 Å². The molecule has 0 amide bonds. The first-order chi connectivity index (χ1) is 15.8. The molecule has 1 aliphatic rings. The number of anilines is 1. The minimum Gasteiger partial charge on any atom is -0.412 e. The van der Waals surface area contributed by atoms with Crippen molar-refractivity contribution in [2.45, 2.75) is 63.6 Å². The van der Waals surface area contributed by atoms with E-state index in [9.17, 15) is 18.0 Å². The van der Waals surface area contributed by atoms with Crippen molar-refractivity contribution >= 4 is 5.95 Å². The van der Waals surface area contributed by atoms with Crippen LogP contribution in [0.5, 0.6) is 0 Å². The van der Waals surface area contributed by atoms with Gasteiger partial charge in [0.1, 0.15) is 0 Å². The number of hydrogen-bond donors (Lipinski definition) is 1. The van der Waals surface area contributed by atoms with Crippen LogP contribution in [0.2, 0.25) is 0 Å². The summed E-state index contributed by atoms with van der Waals surface area (Å²) >= 11 is 0. The van der Waals surface area contributed by atoms with Crippen molar-refractivity contribution < 1.29 is 18.6 Å². The molecule has 0 spiro atoms. The van der Waals surface area contributed by atoms with E-state index in [0.717, 1.165) is 37.8 Å². The van der Waals surface area contributed by atoms with Gasteiger partial charge in [-0.1, -0.05) is 48.5 Å². The number of aromatic nitrogens is 2. The lowest BCUT2D eigenvalue weighted by molar-refractivity contribution is -0.137. The number of nitrogens with zero attached hydrogens (tertiary/aromatic N) is 2. The normalized spacial score (nSPS) is 18.4. The Hall–Kier alpha value is -3.13. The van der Waals surface area contributed by atoms with Crippen molar-refractivity contribution in [3.05, 3.63) is 92.9 Å². The maximum absolute atomic E-state index is 13.3. The molecule has 0 saturated heterocycles. The fraction of sp³-hybridized carbons (Fsp3) is 0.385. The van der Waals surface area contributed by atoms with Crippen LogP contribution in [0.3, 0.4) is 0 Å². The Kier molecular flexibility index (Phi) is 7.82. The van der Waals surface area contributed by atoms with E-state index in [4.69, 9.17) is 5.73 Å². The maximum Gasteiger partial charge on any atom is 0.416 e. The standard InChI is InChI=1S/C26H28F3N3O.H2O/c1-2-32-24(33)22(16-17-7-6-10-21(15-17)26(27,28)29)23(31-25(32)30)20-13-11-19(12-14-20)18-8-4-3-5-9-18;/h3-10,15,19-20H,2,11-14,16H2,1H3,(H2,30,31);1H2. The molecule has 3 aromatic rings. The predicted molar refractivity (Wildman–Crippen MR) is 127 cm³/mol. The van der Waals surface area contributed by atoms with Gasteiger partial charge in [0.15, 0.2) is 0 Å². The van der Waals surface area contributed by atoms with Gasteiger partial charge in [-0.2, -0.15) is 13.2 Å². The summed E-state index contributed by atoms with van der Waals surface area (Å²) in [6.07, 6.45) is -0.678. The van der Waals surface area contributed by atoms with Gasteiger partial charge >= 0.3 is 6.18 Å². The van der Waals surface area contributed by atoms with Gasteiger partial charge in [0.25, 0.3) is 5.56 Å². The highest BCUT2D eigenvalue weighted by Gasteiger charge is 2.31. The summed E-state index contributed by atoms with van der Waals surface area (Å²) in [6, 6.07) is 15.5. The molecule has 5 nitrogen and oxygen atoms in total. The Bertz CT molecular complexity index is 1170. The topological polar surface area (TPSA) is 92.4 Å². The average molecular weight is 474 g/mol. The van der Waals surface area contributed by atoms with Crippen LogP contribution in [0.1, 0.15) is 72.4 Å². The summed E-state index contributed by atoms with van der Waals surface area (Å²) in [5, 5.41) is 0. The van der Waals surface area contributed by atoms with Gasteiger partial charge in [0.2, 0.25) is 5.95 Å². The lowest BCUT2D eigenvalue weighted by Gasteiger charge is -2.30. The second-order valence-electron chi connectivity index (χ2n) is 8.72. The first kappa shape index (κ1) is 25.5. The van der Waals surface area contributed by atoms with E-state index in [1.165, 1.54) is 16.2 Å². The third kappa shape index (κ3) is 5.33. The third-order valence-electron chi connectivity index (χ3n) is 6.66. The monoisotopic (exact) mass is 473 g/mol.